The summed E-state index contributed by atoms with van der Waals surface area (Å²) in [4.78, 5) is 44.2. The average molecular weight is 367 g/mol. The Morgan fingerprint density at radius 3 is 2.65 bits per heavy atom. The molecule has 1 aromatic rings. The van der Waals surface area contributed by atoms with Gasteiger partial charge in [0.25, 0.3) is 0 Å². The smallest absolute Gasteiger partial charge is 0.335 e. The first-order valence-corrected chi connectivity index (χ1v) is 7.64. The Morgan fingerprint density at radius 1 is 1.35 bits per heavy atom. The molecule has 0 N–H and O–H groups in total. The van der Waals surface area contributed by atoms with Crippen LogP contribution in [0.1, 0.15) is 30.1 Å². The summed E-state index contributed by atoms with van der Waals surface area (Å²) in [5, 5.41) is 11.2. The first-order chi connectivity index (χ1) is 12.3. The molecule has 1 aromatic carbocycles. The number of nitrogens with zero attached hydrogens (tertiary/aromatic N) is 1. The van der Waals surface area contributed by atoms with E-state index < -0.39 is 41.0 Å². The minimum absolute atomic E-state index is 0.0691. The van der Waals surface area contributed by atoms with Crippen molar-refractivity contribution in [1.82, 2.24) is 0 Å². The Labute approximate surface area is 148 Å². The number of hydrogen-bond acceptors (Lipinski definition) is 9. The molecular formula is C16H17NO9. The Morgan fingerprint density at radius 2 is 2.08 bits per heavy atom. The minimum atomic E-state index is -1.09. The van der Waals surface area contributed by atoms with Gasteiger partial charge in [-0.1, -0.05) is 0 Å². The molecule has 2 rings (SSSR count). The van der Waals surface area contributed by atoms with Gasteiger partial charge in [-0.15, -0.1) is 0 Å². The van der Waals surface area contributed by atoms with Crippen molar-refractivity contribution in [2.45, 2.75) is 38.3 Å². The topological polar surface area (TPSA) is 131 Å². The molecular weight excluding hydrogens is 350 g/mol. The van der Waals surface area contributed by atoms with Crippen LogP contribution in [-0.4, -0.2) is 48.8 Å². The fourth-order valence-corrected chi connectivity index (χ4v) is 2.53. The number of benzene rings is 1. The van der Waals surface area contributed by atoms with Gasteiger partial charge in [-0.05, 0) is 12.1 Å². The fraction of sp³-hybridized carbons (Fsp3) is 0.438. The van der Waals surface area contributed by atoms with Crippen molar-refractivity contribution in [3.8, 4) is 5.75 Å². The third-order valence-corrected chi connectivity index (χ3v) is 3.62. The molecule has 140 valence electrons. The van der Waals surface area contributed by atoms with E-state index in [1.54, 1.807) is 0 Å². The Kier molecular flexibility index (Phi) is 6.23. The number of hydrogen-bond donors (Lipinski definition) is 0. The molecule has 0 aromatic heterocycles. The van der Waals surface area contributed by atoms with Crippen LogP contribution in [0.3, 0.4) is 0 Å². The maximum atomic E-state index is 11.8. The third-order valence-electron chi connectivity index (χ3n) is 3.62. The Balaban J connectivity index is 2.23. The van der Waals surface area contributed by atoms with Gasteiger partial charge in [0.05, 0.1) is 12.0 Å². The van der Waals surface area contributed by atoms with Crippen LogP contribution in [0, 0.1) is 10.1 Å². The molecule has 1 aliphatic rings. The van der Waals surface area contributed by atoms with Gasteiger partial charge < -0.3 is 18.9 Å². The molecule has 3 atom stereocenters. The highest BCUT2D eigenvalue weighted by molar-refractivity contribution is 5.77. The van der Waals surface area contributed by atoms with Crippen molar-refractivity contribution in [3.63, 3.8) is 0 Å². The average Bonchev–Trinajstić information content (AvgIpc) is 2.60. The Hall–Kier alpha value is -3.01. The van der Waals surface area contributed by atoms with E-state index in [9.17, 15) is 24.5 Å². The summed E-state index contributed by atoms with van der Waals surface area (Å²) in [5.41, 5.74) is -0.318. The predicted octanol–water partition coefficient (Wildman–Crippen LogP) is 1.40. The maximum Gasteiger partial charge on any atom is 0.335 e. The van der Waals surface area contributed by atoms with E-state index in [-0.39, 0.29) is 24.2 Å². The van der Waals surface area contributed by atoms with E-state index in [0.29, 0.717) is 6.29 Å². The number of carbonyl (C=O) groups excluding carboxylic acids is 3. The van der Waals surface area contributed by atoms with Gasteiger partial charge in [0.15, 0.2) is 11.9 Å². The van der Waals surface area contributed by atoms with E-state index in [1.807, 2.05) is 0 Å². The van der Waals surface area contributed by atoms with Gasteiger partial charge >= 0.3 is 17.6 Å². The van der Waals surface area contributed by atoms with Gasteiger partial charge in [-0.25, -0.2) is 4.79 Å². The first kappa shape index (κ1) is 19.3. The van der Waals surface area contributed by atoms with Crippen LogP contribution in [0.15, 0.2) is 18.2 Å². The zero-order valence-electron chi connectivity index (χ0n) is 14.1. The molecule has 0 radical (unpaired) electrons. The lowest BCUT2D eigenvalue weighted by atomic mass is 10.0. The number of aldehydes is 1. The van der Waals surface area contributed by atoms with E-state index in [0.717, 1.165) is 6.07 Å². The molecule has 1 saturated heterocycles. The largest absolute Gasteiger partial charge is 0.467 e. The number of rotatable bonds is 6. The summed E-state index contributed by atoms with van der Waals surface area (Å²) in [7, 11) is 1.18. The van der Waals surface area contributed by atoms with Crippen LogP contribution < -0.4 is 4.74 Å². The Bertz CT molecular complexity index is 718. The van der Waals surface area contributed by atoms with Crippen LogP contribution in [0.25, 0.3) is 0 Å². The monoisotopic (exact) mass is 367 g/mol. The van der Waals surface area contributed by atoms with E-state index in [2.05, 4.69) is 4.74 Å². The minimum Gasteiger partial charge on any atom is -0.467 e. The molecule has 1 fully saturated rings. The first-order valence-electron chi connectivity index (χ1n) is 7.64. The van der Waals surface area contributed by atoms with Crippen molar-refractivity contribution in [2.75, 3.05) is 7.11 Å². The lowest BCUT2D eigenvalue weighted by Gasteiger charge is -2.33. The molecule has 0 bridgehead atoms. The molecule has 0 spiro atoms. The molecule has 0 saturated carbocycles. The number of nitro benzene ring substituents is 1. The van der Waals surface area contributed by atoms with Crippen LogP contribution in [-0.2, 0) is 23.8 Å². The van der Waals surface area contributed by atoms with Crippen LogP contribution >= 0.6 is 0 Å². The lowest BCUT2D eigenvalue weighted by Crippen LogP contribution is -2.44. The second-order valence-electron chi connectivity index (χ2n) is 5.50. The van der Waals surface area contributed by atoms with Crippen LogP contribution in [0.5, 0.6) is 5.75 Å². The van der Waals surface area contributed by atoms with Crippen molar-refractivity contribution in [2.24, 2.45) is 0 Å². The maximum absolute atomic E-state index is 11.8. The molecule has 1 aliphatic heterocycles. The van der Waals surface area contributed by atoms with Gasteiger partial charge in [-0.3, -0.25) is 19.7 Å². The molecule has 1 unspecified atom stereocenters. The van der Waals surface area contributed by atoms with Crippen LogP contribution in [0.2, 0.25) is 0 Å². The number of carbonyl (C=O) groups is 3. The SMILES string of the molecule is COC(=O)C1C[C@H](OC(C)=O)C[C@H](Oc2ccc(C=O)cc2[N+](=O)[O-])O1. The van der Waals surface area contributed by atoms with E-state index >= 15 is 0 Å². The normalized spacial score (nSPS) is 22.2. The zero-order valence-corrected chi connectivity index (χ0v) is 14.1. The number of nitro groups is 1. The van der Waals surface area contributed by atoms with Crippen molar-refractivity contribution < 1.29 is 38.3 Å². The second kappa shape index (κ2) is 8.39. The van der Waals surface area contributed by atoms with Crippen molar-refractivity contribution in [1.29, 1.82) is 0 Å². The highest BCUT2D eigenvalue weighted by atomic mass is 16.7. The zero-order chi connectivity index (χ0) is 19.3. The predicted molar refractivity (Wildman–Crippen MR) is 84.6 cm³/mol. The molecule has 26 heavy (non-hydrogen) atoms. The number of esters is 2. The lowest BCUT2D eigenvalue weighted by molar-refractivity contribution is -0.386. The van der Waals surface area contributed by atoms with Crippen molar-refractivity contribution in [3.05, 3.63) is 33.9 Å². The second-order valence-corrected chi connectivity index (χ2v) is 5.50. The van der Waals surface area contributed by atoms with Gasteiger partial charge in [0.2, 0.25) is 6.29 Å². The fourth-order valence-electron chi connectivity index (χ4n) is 2.53. The van der Waals surface area contributed by atoms with E-state index in [1.165, 1.54) is 26.2 Å². The summed E-state index contributed by atoms with van der Waals surface area (Å²) < 4.78 is 20.7. The summed E-state index contributed by atoms with van der Waals surface area (Å²) in [6.45, 7) is 1.22. The van der Waals surface area contributed by atoms with Crippen molar-refractivity contribution >= 4 is 23.9 Å². The highest BCUT2D eigenvalue weighted by Gasteiger charge is 2.37. The van der Waals surface area contributed by atoms with Gasteiger partial charge in [-0.2, -0.15) is 0 Å². The summed E-state index contributed by atoms with van der Waals surface area (Å²) in [5.74, 6) is -1.36. The summed E-state index contributed by atoms with van der Waals surface area (Å²) >= 11 is 0. The molecule has 10 nitrogen and oxygen atoms in total. The molecule has 0 amide bonds. The number of methoxy groups -OCH3 is 1. The molecule has 10 heteroatoms. The van der Waals surface area contributed by atoms with Gasteiger partial charge in [0, 0.05) is 31.4 Å². The molecule has 0 aliphatic carbocycles. The standard InChI is InChI=1S/C16H17NO9/c1-9(19)24-11-6-14(16(20)23-2)26-15(7-11)25-13-4-3-10(8-18)5-12(13)17(21)22/h3-5,8,11,14-15H,6-7H2,1-2H3/t11-,14?,15+/m0/s1. The quantitative estimate of drug-likeness (QED) is 0.317. The highest BCUT2D eigenvalue weighted by Crippen LogP contribution is 2.32. The number of ether oxygens (including phenoxy) is 4. The summed E-state index contributed by atoms with van der Waals surface area (Å²) in [6, 6.07) is 3.67. The third kappa shape index (κ3) is 4.76. The van der Waals surface area contributed by atoms with Crippen LogP contribution in [0.4, 0.5) is 5.69 Å². The summed E-state index contributed by atoms with van der Waals surface area (Å²) in [6.07, 6.45) is -2.19. The van der Waals surface area contributed by atoms with E-state index in [4.69, 9.17) is 14.2 Å². The molecule has 1 heterocycles. The van der Waals surface area contributed by atoms with Gasteiger partial charge in [0.1, 0.15) is 12.4 Å².